The number of piperidine rings is 1. The largest absolute Gasteiger partial charge is 0.381 e. The number of hydrogen-bond donors (Lipinski definition) is 1. The predicted octanol–water partition coefficient (Wildman–Crippen LogP) is 2.74. The predicted molar refractivity (Wildman–Crippen MR) is 75.9 cm³/mol. The Labute approximate surface area is 108 Å². The van der Waals surface area contributed by atoms with Gasteiger partial charge < -0.3 is 10.2 Å². The standard InChI is InChI=1S/C15H19N3/c1-18-8-6-13(7-9-18)17-14-10-12-4-2-3-5-15(12)16-11-14/h2-5,10-11,13,17H,6-9H2,1H3. The van der Waals surface area contributed by atoms with Crippen molar-refractivity contribution in [2.45, 2.75) is 18.9 Å². The number of aromatic nitrogens is 1. The molecule has 0 atom stereocenters. The van der Waals surface area contributed by atoms with Crippen LogP contribution in [0.1, 0.15) is 12.8 Å². The minimum atomic E-state index is 0.587. The molecule has 3 nitrogen and oxygen atoms in total. The average molecular weight is 241 g/mol. The van der Waals surface area contributed by atoms with Gasteiger partial charge in [-0.2, -0.15) is 0 Å². The Hall–Kier alpha value is -1.61. The van der Waals surface area contributed by atoms with E-state index in [4.69, 9.17) is 0 Å². The molecule has 3 rings (SSSR count). The maximum Gasteiger partial charge on any atom is 0.0703 e. The van der Waals surface area contributed by atoms with Crippen LogP contribution in [0.3, 0.4) is 0 Å². The number of rotatable bonds is 2. The van der Waals surface area contributed by atoms with Gasteiger partial charge in [0.2, 0.25) is 0 Å². The summed E-state index contributed by atoms with van der Waals surface area (Å²) in [6.45, 7) is 2.36. The lowest BCUT2D eigenvalue weighted by atomic mass is 10.1. The molecule has 0 aliphatic carbocycles. The van der Waals surface area contributed by atoms with Crippen LogP contribution in [0.25, 0.3) is 10.9 Å². The van der Waals surface area contributed by atoms with Gasteiger partial charge in [0.1, 0.15) is 0 Å². The smallest absolute Gasteiger partial charge is 0.0703 e. The van der Waals surface area contributed by atoms with Gasteiger partial charge >= 0.3 is 0 Å². The summed E-state index contributed by atoms with van der Waals surface area (Å²) in [5, 5.41) is 4.81. The van der Waals surface area contributed by atoms with E-state index in [9.17, 15) is 0 Å². The number of para-hydroxylation sites is 1. The zero-order valence-corrected chi connectivity index (χ0v) is 10.8. The molecule has 2 aromatic rings. The molecule has 0 radical (unpaired) electrons. The SMILES string of the molecule is CN1CCC(Nc2cnc3ccccc3c2)CC1. The molecule has 1 aromatic carbocycles. The molecule has 1 N–H and O–H groups in total. The van der Waals surface area contributed by atoms with Crippen LogP contribution in [0.2, 0.25) is 0 Å². The van der Waals surface area contributed by atoms with Gasteiger partial charge in [0.25, 0.3) is 0 Å². The highest BCUT2D eigenvalue weighted by Gasteiger charge is 2.16. The number of pyridine rings is 1. The zero-order chi connectivity index (χ0) is 12.4. The Bertz CT molecular complexity index is 530. The molecule has 3 heteroatoms. The summed E-state index contributed by atoms with van der Waals surface area (Å²) < 4.78 is 0. The molecule has 0 bridgehead atoms. The number of nitrogens with zero attached hydrogens (tertiary/aromatic N) is 2. The van der Waals surface area contributed by atoms with Gasteiger partial charge in [-0.25, -0.2) is 0 Å². The van der Waals surface area contributed by atoms with Crippen LogP contribution in [0.15, 0.2) is 36.5 Å². The quantitative estimate of drug-likeness (QED) is 0.876. The molecule has 0 spiro atoms. The van der Waals surface area contributed by atoms with E-state index < -0.39 is 0 Å². The molecule has 94 valence electrons. The van der Waals surface area contributed by atoms with E-state index in [0.29, 0.717) is 6.04 Å². The van der Waals surface area contributed by atoms with Crippen molar-refractivity contribution in [3.05, 3.63) is 36.5 Å². The van der Waals surface area contributed by atoms with Crippen LogP contribution in [-0.2, 0) is 0 Å². The first-order valence-corrected chi connectivity index (χ1v) is 6.61. The molecule has 1 aliphatic heterocycles. The summed E-state index contributed by atoms with van der Waals surface area (Å²) >= 11 is 0. The third-order valence-corrected chi connectivity index (χ3v) is 3.68. The lowest BCUT2D eigenvalue weighted by molar-refractivity contribution is 0.264. The summed E-state index contributed by atoms with van der Waals surface area (Å²) in [5.74, 6) is 0. The van der Waals surface area contributed by atoms with Crippen LogP contribution in [0.5, 0.6) is 0 Å². The minimum Gasteiger partial charge on any atom is -0.381 e. The summed E-state index contributed by atoms with van der Waals surface area (Å²) in [4.78, 5) is 6.87. The highest BCUT2D eigenvalue weighted by atomic mass is 15.1. The summed E-state index contributed by atoms with van der Waals surface area (Å²) in [6, 6.07) is 11.0. The van der Waals surface area contributed by atoms with Crippen molar-refractivity contribution in [2.24, 2.45) is 0 Å². The van der Waals surface area contributed by atoms with E-state index >= 15 is 0 Å². The fraction of sp³-hybridized carbons (Fsp3) is 0.400. The number of fused-ring (bicyclic) bond motifs is 1. The maximum absolute atomic E-state index is 4.49. The van der Waals surface area contributed by atoms with E-state index in [1.54, 1.807) is 0 Å². The van der Waals surface area contributed by atoms with Gasteiger partial charge in [0.15, 0.2) is 0 Å². The summed E-state index contributed by atoms with van der Waals surface area (Å²) in [6.07, 6.45) is 4.37. The van der Waals surface area contributed by atoms with E-state index in [1.165, 1.54) is 31.3 Å². The second-order valence-corrected chi connectivity index (χ2v) is 5.14. The molecule has 1 saturated heterocycles. The van der Waals surface area contributed by atoms with Crippen molar-refractivity contribution in [3.8, 4) is 0 Å². The molecule has 0 saturated carbocycles. The fourth-order valence-electron chi connectivity index (χ4n) is 2.54. The molecule has 0 unspecified atom stereocenters. The van der Waals surface area contributed by atoms with Crippen LogP contribution in [-0.4, -0.2) is 36.1 Å². The van der Waals surface area contributed by atoms with Gasteiger partial charge in [-0.3, -0.25) is 4.98 Å². The molecule has 1 aromatic heterocycles. The summed E-state index contributed by atoms with van der Waals surface area (Å²) in [7, 11) is 2.19. The maximum atomic E-state index is 4.49. The second-order valence-electron chi connectivity index (χ2n) is 5.14. The van der Waals surface area contributed by atoms with Gasteiger partial charge in [-0.15, -0.1) is 0 Å². The molecule has 1 fully saturated rings. The zero-order valence-electron chi connectivity index (χ0n) is 10.8. The van der Waals surface area contributed by atoms with E-state index in [-0.39, 0.29) is 0 Å². The lowest BCUT2D eigenvalue weighted by Crippen LogP contribution is -2.36. The Morgan fingerprint density at radius 1 is 1.22 bits per heavy atom. The molecule has 1 aliphatic rings. The van der Waals surface area contributed by atoms with Gasteiger partial charge in [0.05, 0.1) is 17.4 Å². The van der Waals surface area contributed by atoms with E-state index in [2.05, 4.69) is 46.5 Å². The number of likely N-dealkylation sites (tertiary alicyclic amines) is 1. The molecule has 18 heavy (non-hydrogen) atoms. The van der Waals surface area contributed by atoms with Gasteiger partial charge in [-0.1, -0.05) is 18.2 Å². The Kier molecular flexibility index (Phi) is 3.15. The van der Waals surface area contributed by atoms with Crippen LogP contribution in [0.4, 0.5) is 5.69 Å². The highest BCUT2D eigenvalue weighted by molar-refractivity contribution is 5.81. The van der Waals surface area contributed by atoms with E-state index in [0.717, 1.165) is 11.2 Å². The Balaban J connectivity index is 1.74. The lowest BCUT2D eigenvalue weighted by Gasteiger charge is -2.30. The van der Waals surface area contributed by atoms with Crippen molar-refractivity contribution < 1.29 is 0 Å². The first-order chi connectivity index (χ1) is 8.81. The third-order valence-electron chi connectivity index (χ3n) is 3.68. The van der Waals surface area contributed by atoms with Gasteiger partial charge in [0, 0.05) is 11.4 Å². The normalized spacial score (nSPS) is 18.1. The number of anilines is 1. The van der Waals surface area contributed by atoms with Crippen LogP contribution in [0, 0.1) is 0 Å². The van der Waals surface area contributed by atoms with Crippen molar-refractivity contribution in [2.75, 3.05) is 25.5 Å². The van der Waals surface area contributed by atoms with Crippen LogP contribution < -0.4 is 5.32 Å². The molecule has 0 amide bonds. The Morgan fingerprint density at radius 3 is 2.83 bits per heavy atom. The van der Waals surface area contributed by atoms with Crippen molar-refractivity contribution >= 4 is 16.6 Å². The first-order valence-electron chi connectivity index (χ1n) is 6.61. The van der Waals surface area contributed by atoms with Crippen molar-refractivity contribution in [3.63, 3.8) is 0 Å². The number of hydrogen-bond acceptors (Lipinski definition) is 3. The monoisotopic (exact) mass is 241 g/mol. The minimum absolute atomic E-state index is 0.587. The molecular weight excluding hydrogens is 222 g/mol. The van der Waals surface area contributed by atoms with Crippen molar-refractivity contribution in [1.82, 2.24) is 9.88 Å². The number of benzene rings is 1. The number of nitrogens with one attached hydrogen (secondary N) is 1. The topological polar surface area (TPSA) is 28.2 Å². The second kappa shape index (κ2) is 4.94. The first kappa shape index (κ1) is 11.5. The molecule has 2 heterocycles. The Morgan fingerprint density at radius 2 is 2.00 bits per heavy atom. The molecular formula is C15H19N3. The van der Waals surface area contributed by atoms with E-state index in [1.807, 2.05) is 12.3 Å². The third kappa shape index (κ3) is 2.46. The average Bonchev–Trinajstić information content (AvgIpc) is 2.41. The van der Waals surface area contributed by atoms with Crippen LogP contribution >= 0.6 is 0 Å². The van der Waals surface area contributed by atoms with Gasteiger partial charge in [-0.05, 0) is 45.1 Å². The fourth-order valence-corrected chi connectivity index (χ4v) is 2.54. The van der Waals surface area contributed by atoms with Crippen molar-refractivity contribution in [1.29, 1.82) is 0 Å². The highest BCUT2D eigenvalue weighted by Crippen LogP contribution is 2.19. The summed E-state index contributed by atoms with van der Waals surface area (Å²) in [5.41, 5.74) is 2.20.